The lowest BCUT2D eigenvalue weighted by Crippen LogP contribution is -2.48. The first-order valence-electron chi connectivity index (χ1n) is 8.40. The van der Waals surface area contributed by atoms with Gasteiger partial charge in [-0.15, -0.1) is 0 Å². The highest BCUT2D eigenvalue weighted by Crippen LogP contribution is 2.39. The van der Waals surface area contributed by atoms with Crippen molar-refractivity contribution >= 4 is 23.7 Å². The molecule has 2 atom stereocenters. The maximum absolute atomic E-state index is 11.8. The fraction of sp³-hybridized carbons (Fsp3) is 0.556. The Morgan fingerprint density at radius 1 is 1.44 bits per heavy atom. The van der Waals surface area contributed by atoms with Crippen LogP contribution in [-0.4, -0.2) is 48.4 Å². The zero-order chi connectivity index (χ0) is 18.4. The van der Waals surface area contributed by atoms with Crippen molar-refractivity contribution in [3.8, 4) is 0 Å². The molecule has 1 heterocycles. The zero-order valence-corrected chi connectivity index (χ0v) is 15.3. The van der Waals surface area contributed by atoms with E-state index in [1.54, 1.807) is 19.1 Å². The Morgan fingerprint density at radius 2 is 2.20 bits per heavy atom. The number of esters is 1. The van der Waals surface area contributed by atoms with E-state index in [1.165, 1.54) is 4.90 Å². The second-order valence-electron chi connectivity index (χ2n) is 6.28. The summed E-state index contributed by atoms with van der Waals surface area (Å²) in [5, 5.41) is 9.88. The lowest BCUT2D eigenvalue weighted by Gasteiger charge is -2.42. The van der Waals surface area contributed by atoms with Crippen molar-refractivity contribution in [2.45, 2.75) is 32.3 Å². The molecular weight excluding hydrogens is 346 g/mol. The summed E-state index contributed by atoms with van der Waals surface area (Å²) in [7, 11) is 0. The Morgan fingerprint density at radius 3 is 2.84 bits per heavy atom. The summed E-state index contributed by atoms with van der Waals surface area (Å²) < 4.78 is 10.9. The van der Waals surface area contributed by atoms with Crippen molar-refractivity contribution in [2.75, 3.05) is 26.3 Å². The summed E-state index contributed by atoms with van der Waals surface area (Å²) in [6.45, 7) is 4.57. The molecule has 0 aromatic heterocycles. The van der Waals surface area contributed by atoms with Crippen LogP contribution in [0.15, 0.2) is 24.3 Å². The van der Waals surface area contributed by atoms with Crippen LogP contribution < -0.4 is 0 Å². The van der Waals surface area contributed by atoms with Crippen LogP contribution in [0.25, 0.3) is 0 Å². The van der Waals surface area contributed by atoms with E-state index < -0.39 is 17.7 Å². The third-order valence-corrected chi connectivity index (χ3v) is 4.90. The fourth-order valence-corrected chi connectivity index (χ4v) is 3.44. The molecule has 1 fully saturated rings. The number of carbonyl (C=O) groups is 2. The minimum Gasteiger partial charge on any atom is -0.465 e. The minimum absolute atomic E-state index is 0.0924. The molecule has 138 valence electrons. The molecule has 6 nitrogen and oxygen atoms in total. The van der Waals surface area contributed by atoms with Crippen molar-refractivity contribution in [1.29, 1.82) is 0 Å². The van der Waals surface area contributed by atoms with Crippen LogP contribution in [0.2, 0.25) is 5.02 Å². The van der Waals surface area contributed by atoms with Gasteiger partial charge in [-0.25, -0.2) is 9.59 Å². The van der Waals surface area contributed by atoms with E-state index in [4.69, 9.17) is 21.1 Å². The molecule has 1 N–H and O–H groups in total. The second kappa shape index (κ2) is 8.54. The molecule has 1 saturated heterocycles. The number of carboxylic acid groups (broad SMARTS) is 1. The quantitative estimate of drug-likeness (QED) is 0.776. The van der Waals surface area contributed by atoms with Crippen molar-refractivity contribution < 1.29 is 24.2 Å². The first-order chi connectivity index (χ1) is 11.9. The van der Waals surface area contributed by atoms with Crippen molar-refractivity contribution in [1.82, 2.24) is 4.90 Å². The average Bonchev–Trinajstić information content (AvgIpc) is 2.60. The van der Waals surface area contributed by atoms with E-state index in [0.29, 0.717) is 18.1 Å². The molecule has 0 bridgehead atoms. The van der Waals surface area contributed by atoms with Gasteiger partial charge in [-0.1, -0.05) is 23.7 Å². The number of ether oxygens (including phenoxy) is 2. The van der Waals surface area contributed by atoms with Gasteiger partial charge in [-0.05, 0) is 44.4 Å². The highest BCUT2D eigenvalue weighted by Gasteiger charge is 2.41. The molecule has 0 saturated carbocycles. The lowest BCUT2D eigenvalue weighted by atomic mass is 9.78. The number of carbonyl (C=O) groups excluding carboxylic acids is 1. The third kappa shape index (κ3) is 4.86. The van der Waals surface area contributed by atoms with E-state index in [1.807, 2.05) is 19.1 Å². The summed E-state index contributed by atoms with van der Waals surface area (Å²) >= 11 is 6.13. The lowest BCUT2D eigenvalue weighted by molar-refractivity contribution is -0.161. The first kappa shape index (κ1) is 19.5. The third-order valence-electron chi connectivity index (χ3n) is 4.66. The van der Waals surface area contributed by atoms with E-state index in [0.717, 1.165) is 18.4 Å². The number of amides is 1. The molecule has 0 aliphatic carbocycles. The van der Waals surface area contributed by atoms with Crippen LogP contribution in [-0.2, 0) is 19.9 Å². The van der Waals surface area contributed by atoms with E-state index >= 15 is 0 Å². The SMILES string of the molecule is CCOC(=O)COC(C)(c1cccc(Cl)c1)C1CCCN(C(=O)O)C1. The average molecular weight is 370 g/mol. The summed E-state index contributed by atoms with van der Waals surface area (Å²) in [5.41, 5.74) is -0.0206. The van der Waals surface area contributed by atoms with Crippen LogP contribution in [0, 0.1) is 5.92 Å². The molecule has 2 rings (SSSR count). The molecule has 1 aliphatic rings. The molecule has 25 heavy (non-hydrogen) atoms. The molecule has 1 aromatic rings. The number of benzene rings is 1. The Labute approximate surface area is 152 Å². The molecule has 1 amide bonds. The predicted molar refractivity (Wildman–Crippen MR) is 93.7 cm³/mol. The smallest absolute Gasteiger partial charge is 0.407 e. The van der Waals surface area contributed by atoms with Crippen LogP contribution in [0.4, 0.5) is 4.79 Å². The number of rotatable bonds is 6. The van der Waals surface area contributed by atoms with Gasteiger partial charge in [0.05, 0.1) is 12.2 Å². The van der Waals surface area contributed by atoms with Gasteiger partial charge < -0.3 is 19.5 Å². The Balaban J connectivity index is 2.27. The maximum Gasteiger partial charge on any atom is 0.407 e. The number of piperidine rings is 1. The molecule has 7 heteroatoms. The molecule has 0 spiro atoms. The number of hydrogen-bond donors (Lipinski definition) is 1. The van der Waals surface area contributed by atoms with Crippen molar-refractivity contribution in [3.05, 3.63) is 34.9 Å². The van der Waals surface area contributed by atoms with Gasteiger partial charge in [0.15, 0.2) is 0 Å². The van der Waals surface area contributed by atoms with E-state index in [-0.39, 0.29) is 19.1 Å². The maximum atomic E-state index is 11.8. The molecule has 0 radical (unpaired) electrons. The summed E-state index contributed by atoms with van der Waals surface area (Å²) in [6, 6.07) is 7.27. The molecule has 1 aliphatic heterocycles. The summed E-state index contributed by atoms with van der Waals surface area (Å²) in [6.07, 6.45) is 0.606. The van der Waals surface area contributed by atoms with Gasteiger partial charge in [0.2, 0.25) is 0 Å². The molecular formula is C18H24ClNO5. The monoisotopic (exact) mass is 369 g/mol. The standard InChI is InChI=1S/C18H24ClNO5/c1-3-24-16(21)12-25-18(2,13-6-4-8-15(19)10-13)14-7-5-9-20(11-14)17(22)23/h4,6,8,10,14H,3,5,7,9,11-12H2,1-2H3,(H,22,23). The van der Waals surface area contributed by atoms with Crippen LogP contribution in [0.1, 0.15) is 32.3 Å². The Hall–Kier alpha value is -1.79. The number of halogens is 1. The number of likely N-dealkylation sites (tertiary alicyclic amines) is 1. The topological polar surface area (TPSA) is 76.1 Å². The second-order valence-corrected chi connectivity index (χ2v) is 6.72. The van der Waals surface area contributed by atoms with Crippen LogP contribution in [0.5, 0.6) is 0 Å². The largest absolute Gasteiger partial charge is 0.465 e. The van der Waals surface area contributed by atoms with Crippen molar-refractivity contribution in [2.24, 2.45) is 5.92 Å². The minimum atomic E-state index is -0.941. The highest BCUT2D eigenvalue weighted by molar-refractivity contribution is 6.30. The Kier molecular flexibility index (Phi) is 6.67. The first-order valence-corrected chi connectivity index (χ1v) is 8.78. The zero-order valence-electron chi connectivity index (χ0n) is 14.5. The van der Waals surface area contributed by atoms with Gasteiger partial charge >= 0.3 is 12.1 Å². The fourth-order valence-electron chi connectivity index (χ4n) is 3.25. The van der Waals surface area contributed by atoms with Gasteiger partial charge in [0.1, 0.15) is 6.61 Å². The van der Waals surface area contributed by atoms with Crippen LogP contribution >= 0.6 is 11.6 Å². The highest BCUT2D eigenvalue weighted by atomic mass is 35.5. The normalized spacial score (nSPS) is 20.0. The van der Waals surface area contributed by atoms with Gasteiger partial charge in [-0.3, -0.25) is 0 Å². The summed E-state index contributed by atoms with van der Waals surface area (Å²) in [5.74, 6) is -0.535. The Bertz CT molecular complexity index is 623. The van der Waals surface area contributed by atoms with Crippen LogP contribution in [0.3, 0.4) is 0 Å². The van der Waals surface area contributed by atoms with Gasteiger partial charge in [0.25, 0.3) is 0 Å². The van der Waals surface area contributed by atoms with Gasteiger partial charge in [0, 0.05) is 24.0 Å². The van der Waals surface area contributed by atoms with Crippen molar-refractivity contribution in [3.63, 3.8) is 0 Å². The van der Waals surface area contributed by atoms with E-state index in [9.17, 15) is 14.7 Å². The van der Waals surface area contributed by atoms with E-state index in [2.05, 4.69) is 0 Å². The number of hydrogen-bond acceptors (Lipinski definition) is 4. The predicted octanol–water partition coefficient (Wildman–Crippen LogP) is 3.52. The molecule has 1 aromatic carbocycles. The summed E-state index contributed by atoms with van der Waals surface area (Å²) in [4.78, 5) is 24.5. The number of nitrogens with zero attached hydrogens (tertiary/aromatic N) is 1. The van der Waals surface area contributed by atoms with Gasteiger partial charge in [-0.2, -0.15) is 0 Å². The molecule has 2 unspecified atom stereocenters.